The Kier molecular flexibility index (Phi) is 9.55. The number of carboxylic acids is 2. The number of rotatable bonds is 11. The molecule has 29 heavy (non-hydrogen) atoms. The van der Waals surface area contributed by atoms with Crippen LogP contribution in [0.1, 0.15) is 20.3 Å². The summed E-state index contributed by atoms with van der Waals surface area (Å²) in [5.41, 5.74) is 0.445. The molecule has 0 saturated carbocycles. The first-order valence-electron chi connectivity index (χ1n) is 10.2. The second-order valence-corrected chi connectivity index (χ2v) is 29.1. The van der Waals surface area contributed by atoms with Crippen molar-refractivity contribution in [2.45, 2.75) is 96.8 Å². The molecule has 0 aliphatic heterocycles. The largest absolute Gasteiger partial charge is 0.481 e. The molecule has 0 saturated heterocycles. The molecule has 0 aromatic carbocycles. The molecule has 2 N–H and O–H groups in total. The second-order valence-electron chi connectivity index (χ2n) is 10.9. The Morgan fingerprint density at radius 1 is 0.724 bits per heavy atom. The van der Waals surface area contributed by atoms with Gasteiger partial charge in [0, 0.05) is 5.57 Å². The van der Waals surface area contributed by atoms with Crippen LogP contribution in [-0.4, -0.2) is 55.4 Å². The van der Waals surface area contributed by atoms with E-state index >= 15 is 0 Å². The first-order chi connectivity index (χ1) is 12.6. The van der Waals surface area contributed by atoms with Crippen LogP contribution in [0, 0.1) is 0 Å². The van der Waals surface area contributed by atoms with Gasteiger partial charge in [0.25, 0.3) is 0 Å². The molecule has 0 aliphatic carbocycles. The number of carbonyl (C=O) groups is 2. The Hall–Kier alpha value is -0.532. The third-order valence-electron chi connectivity index (χ3n) is 5.09. The maximum absolute atomic E-state index is 12.2. The summed E-state index contributed by atoms with van der Waals surface area (Å²) in [5.74, 6) is -2.29. The molecule has 0 aromatic rings. The molecule has 0 aliphatic rings. The zero-order valence-corrected chi connectivity index (χ0v) is 24.4. The van der Waals surface area contributed by atoms with Gasteiger partial charge in [0.05, 0.1) is 6.42 Å². The molecular weight excluding hydrogens is 437 g/mol. The first kappa shape index (κ1) is 28.5. The molecule has 2 unspecified atom stereocenters. The van der Waals surface area contributed by atoms with Crippen LogP contribution < -0.4 is 0 Å². The SMILES string of the molecule is CC(C(=C(CC(=O)O)C(=O)O)C(C)[Si](C)(C)O[Si](C)(C)C)[Si](C)(C)O[Si](C)(C)C. The van der Waals surface area contributed by atoms with E-state index in [1.807, 2.05) is 13.8 Å². The summed E-state index contributed by atoms with van der Waals surface area (Å²) in [6.07, 6.45) is -0.492. The number of aliphatic carboxylic acids is 2. The lowest BCUT2D eigenvalue weighted by molar-refractivity contribution is -0.139. The van der Waals surface area contributed by atoms with Crippen LogP contribution in [0.25, 0.3) is 0 Å². The minimum absolute atomic E-state index is 0.00278. The average molecular weight is 479 g/mol. The van der Waals surface area contributed by atoms with E-state index in [9.17, 15) is 19.8 Å². The van der Waals surface area contributed by atoms with Crippen molar-refractivity contribution in [2.24, 2.45) is 0 Å². The molecule has 0 bridgehead atoms. The van der Waals surface area contributed by atoms with Gasteiger partial charge in [-0.3, -0.25) is 4.79 Å². The van der Waals surface area contributed by atoms with Gasteiger partial charge in [-0.05, 0) is 76.6 Å². The highest BCUT2D eigenvalue weighted by atomic mass is 28.4. The molecule has 6 nitrogen and oxygen atoms in total. The second kappa shape index (κ2) is 9.73. The summed E-state index contributed by atoms with van der Waals surface area (Å²) in [6.45, 7) is 25.2. The standard InChI is InChI=1S/C19H42O6Si4/c1-14(28(9,10)24-26(3,4)5)18(16(19(22)23)13-17(20)21)15(2)29(11,12)25-27(6,7)8/h14-15H,13H2,1-12H3,(H,20,21)(H,22,23). The van der Waals surface area contributed by atoms with Crippen LogP contribution in [0.5, 0.6) is 0 Å². The van der Waals surface area contributed by atoms with E-state index in [0.717, 1.165) is 0 Å². The predicted octanol–water partition coefficient (Wildman–Crippen LogP) is 5.74. The van der Waals surface area contributed by atoms with Crippen molar-refractivity contribution in [1.82, 2.24) is 0 Å². The Labute approximate surface area is 181 Å². The lowest BCUT2D eigenvalue weighted by atomic mass is 9.99. The highest BCUT2D eigenvalue weighted by Gasteiger charge is 2.45. The first-order valence-corrected chi connectivity index (χ1v) is 23.0. The summed E-state index contributed by atoms with van der Waals surface area (Å²) in [5, 5.41) is 19.3. The summed E-state index contributed by atoms with van der Waals surface area (Å²) < 4.78 is 13.1. The van der Waals surface area contributed by atoms with Crippen molar-refractivity contribution in [3.05, 3.63) is 11.1 Å². The molecule has 10 heteroatoms. The molecule has 0 spiro atoms. The number of carboxylic acid groups (broad SMARTS) is 2. The van der Waals surface area contributed by atoms with Crippen molar-refractivity contribution < 1.29 is 28.0 Å². The fraction of sp³-hybridized carbons (Fsp3) is 0.789. The van der Waals surface area contributed by atoms with Crippen LogP contribution >= 0.6 is 0 Å². The van der Waals surface area contributed by atoms with Crippen LogP contribution in [0.15, 0.2) is 11.1 Å². The van der Waals surface area contributed by atoms with E-state index in [2.05, 4.69) is 65.5 Å². The summed E-state index contributed by atoms with van der Waals surface area (Å²) in [6, 6.07) is 0. The maximum Gasteiger partial charge on any atom is 0.332 e. The van der Waals surface area contributed by atoms with E-state index in [-0.39, 0.29) is 16.7 Å². The zero-order valence-electron chi connectivity index (χ0n) is 20.4. The average Bonchev–Trinajstić information content (AvgIpc) is 2.40. The van der Waals surface area contributed by atoms with Crippen molar-refractivity contribution in [3.63, 3.8) is 0 Å². The molecule has 0 amide bonds. The van der Waals surface area contributed by atoms with Gasteiger partial charge in [0.15, 0.2) is 33.3 Å². The number of hydrogen-bond donors (Lipinski definition) is 2. The monoisotopic (exact) mass is 478 g/mol. The van der Waals surface area contributed by atoms with Gasteiger partial charge < -0.3 is 18.4 Å². The van der Waals surface area contributed by atoms with Gasteiger partial charge in [0.1, 0.15) is 0 Å². The summed E-state index contributed by atoms with van der Waals surface area (Å²) >= 11 is 0. The minimum Gasteiger partial charge on any atom is -0.481 e. The minimum atomic E-state index is -2.34. The third kappa shape index (κ3) is 9.43. The Bertz CT molecular complexity index is 608. The summed E-state index contributed by atoms with van der Waals surface area (Å²) in [7, 11) is -8.38. The van der Waals surface area contributed by atoms with Gasteiger partial charge in [-0.15, -0.1) is 0 Å². The lowest BCUT2D eigenvalue weighted by Gasteiger charge is -2.43. The fourth-order valence-electron chi connectivity index (χ4n) is 3.85. The van der Waals surface area contributed by atoms with Gasteiger partial charge in [0.2, 0.25) is 0 Å². The van der Waals surface area contributed by atoms with Crippen molar-refractivity contribution in [3.8, 4) is 0 Å². The smallest absolute Gasteiger partial charge is 0.332 e. The van der Waals surface area contributed by atoms with Crippen molar-refractivity contribution >= 4 is 45.2 Å². The Morgan fingerprint density at radius 2 is 1.03 bits per heavy atom. The van der Waals surface area contributed by atoms with E-state index < -0.39 is 51.6 Å². The zero-order chi connectivity index (χ0) is 23.6. The quantitative estimate of drug-likeness (QED) is 0.291. The lowest BCUT2D eigenvalue weighted by Crippen LogP contribution is -2.49. The number of hydrogen-bond acceptors (Lipinski definition) is 4. The molecule has 0 fully saturated rings. The number of allylic oxidation sites excluding steroid dienone is 1. The molecule has 2 atom stereocenters. The highest BCUT2D eigenvalue weighted by molar-refractivity contribution is 6.87. The molecule has 0 rings (SSSR count). The van der Waals surface area contributed by atoms with Crippen LogP contribution in [0.2, 0.25) is 76.6 Å². The van der Waals surface area contributed by atoms with Crippen molar-refractivity contribution in [1.29, 1.82) is 0 Å². The molecular formula is C19H42O6Si4. The molecule has 170 valence electrons. The van der Waals surface area contributed by atoms with Gasteiger partial charge in [-0.2, -0.15) is 0 Å². The van der Waals surface area contributed by atoms with Gasteiger partial charge >= 0.3 is 11.9 Å². The predicted molar refractivity (Wildman–Crippen MR) is 130 cm³/mol. The molecule has 0 aromatic heterocycles. The van der Waals surface area contributed by atoms with Gasteiger partial charge in [-0.1, -0.05) is 19.4 Å². The maximum atomic E-state index is 12.2. The van der Waals surface area contributed by atoms with Gasteiger partial charge in [-0.25, -0.2) is 4.79 Å². The Balaban J connectivity index is 6.64. The van der Waals surface area contributed by atoms with E-state index in [1.54, 1.807) is 0 Å². The van der Waals surface area contributed by atoms with E-state index in [1.165, 1.54) is 0 Å². The van der Waals surface area contributed by atoms with Crippen molar-refractivity contribution in [2.75, 3.05) is 0 Å². The van der Waals surface area contributed by atoms with Crippen LogP contribution in [0.4, 0.5) is 0 Å². The normalized spacial score (nSPS) is 15.6. The fourth-order valence-corrected chi connectivity index (χ4v) is 20.4. The topological polar surface area (TPSA) is 93.1 Å². The van der Waals surface area contributed by atoms with E-state index in [0.29, 0.717) is 5.57 Å². The molecule has 0 radical (unpaired) electrons. The molecule has 0 heterocycles. The summed E-state index contributed by atoms with van der Waals surface area (Å²) in [4.78, 5) is 23.7. The van der Waals surface area contributed by atoms with Crippen LogP contribution in [0.3, 0.4) is 0 Å². The third-order valence-corrected chi connectivity index (χ3v) is 19.0. The Morgan fingerprint density at radius 3 is 1.24 bits per heavy atom. The van der Waals surface area contributed by atoms with E-state index in [4.69, 9.17) is 8.23 Å². The van der Waals surface area contributed by atoms with Crippen LogP contribution in [-0.2, 0) is 17.8 Å². The highest BCUT2D eigenvalue weighted by Crippen LogP contribution is 2.45.